The van der Waals surface area contributed by atoms with E-state index in [-0.39, 0.29) is 37.4 Å². The second kappa shape index (κ2) is 21.7. The third-order valence-electron chi connectivity index (χ3n) is 7.34. The van der Waals surface area contributed by atoms with Gasteiger partial charge in [-0.2, -0.15) is 0 Å². The molecule has 1 fully saturated rings. The Kier molecular flexibility index (Phi) is 19.7. The molecule has 2 amide bonds. The molecular formula is C33H60N2O6. The van der Waals surface area contributed by atoms with Gasteiger partial charge in [0.2, 0.25) is 11.8 Å². The number of carbonyl (C=O) groups is 3. The van der Waals surface area contributed by atoms with Gasteiger partial charge in [0, 0.05) is 24.9 Å². The molecule has 1 saturated heterocycles. The maximum absolute atomic E-state index is 12.6. The summed E-state index contributed by atoms with van der Waals surface area (Å²) in [5, 5.41) is 5.66. The Labute approximate surface area is 250 Å². The van der Waals surface area contributed by atoms with Crippen LogP contribution in [0.4, 0.5) is 0 Å². The molecule has 1 heterocycles. The highest BCUT2D eigenvalue weighted by atomic mass is 16.7. The smallest absolute Gasteiger partial charge is 0.307 e. The summed E-state index contributed by atoms with van der Waals surface area (Å²) in [6.45, 7) is 11.0. The second-order valence-electron chi connectivity index (χ2n) is 12.5. The highest BCUT2D eigenvalue weighted by molar-refractivity contribution is 5.82. The van der Waals surface area contributed by atoms with Crippen LogP contribution in [0.5, 0.6) is 0 Å². The lowest BCUT2D eigenvalue weighted by Crippen LogP contribution is -2.56. The average molecular weight is 581 g/mol. The number of hydrogen-bond acceptors (Lipinski definition) is 6. The molecule has 0 aromatic heterocycles. The van der Waals surface area contributed by atoms with Crippen molar-refractivity contribution in [1.82, 2.24) is 10.6 Å². The normalized spacial score (nSPS) is 17.8. The van der Waals surface area contributed by atoms with E-state index in [1.54, 1.807) is 13.8 Å². The van der Waals surface area contributed by atoms with Gasteiger partial charge in [0.1, 0.15) is 6.10 Å². The van der Waals surface area contributed by atoms with E-state index < -0.39 is 17.3 Å². The second-order valence-corrected chi connectivity index (χ2v) is 12.5. The summed E-state index contributed by atoms with van der Waals surface area (Å²) < 4.78 is 16.7. The number of carbonyl (C=O) groups excluding carboxylic acids is 3. The Morgan fingerprint density at radius 1 is 0.780 bits per heavy atom. The van der Waals surface area contributed by atoms with Gasteiger partial charge in [-0.3, -0.25) is 14.4 Å². The minimum atomic E-state index is -0.824. The van der Waals surface area contributed by atoms with Crippen LogP contribution in [0.3, 0.4) is 0 Å². The first-order chi connectivity index (χ1) is 19.6. The van der Waals surface area contributed by atoms with Gasteiger partial charge < -0.3 is 24.8 Å². The molecule has 2 N–H and O–H groups in total. The van der Waals surface area contributed by atoms with Crippen molar-refractivity contribution in [2.24, 2.45) is 5.41 Å². The predicted molar refractivity (Wildman–Crippen MR) is 164 cm³/mol. The molecule has 1 aliphatic rings. The maximum Gasteiger partial charge on any atom is 0.307 e. The third-order valence-corrected chi connectivity index (χ3v) is 7.34. The molecule has 8 nitrogen and oxygen atoms in total. The van der Waals surface area contributed by atoms with E-state index >= 15 is 0 Å². The molecule has 1 aliphatic heterocycles. The van der Waals surface area contributed by atoms with Gasteiger partial charge in [-0.05, 0) is 52.4 Å². The van der Waals surface area contributed by atoms with Gasteiger partial charge in [-0.1, -0.05) is 84.3 Å². The van der Waals surface area contributed by atoms with E-state index in [0.29, 0.717) is 26.0 Å². The van der Waals surface area contributed by atoms with Gasteiger partial charge in [-0.25, -0.2) is 0 Å². The van der Waals surface area contributed by atoms with Crippen molar-refractivity contribution in [2.45, 2.75) is 149 Å². The molecule has 0 saturated carbocycles. The quantitative estimate of drug-likeness (QED) is 0.0787. The number of rotatable bonds is 23. The van der Waals surface area contributed by atoms with Crippen molar-refractivity contribution in [3.63, 3.8) is 0 Å². The fraction of sp³-hybridized carbons (Fsp3) is 0.848. The first-order valence-electron chi connectivity index (χ1n) is 16.2. The van der Waals surface area contributed by atoms with E-state index in [4.69, 9.17) is 14.2 Å². The first kappa shape index (κ1) is 37.1. The summed E-state index contributed by atoms with van der Waals surface area (Å²) in [5.74, 6) is -1.40. The molecule has 1 atom stereocenters. The van der Waals surface area contributed by atoms with Crippen LogP contribution >= 0.6 is 0 Å². The van der Waals surface area contributed by atoms with E-state index in [0.717, 1.165) is 19.3 Å². The third kappa shape index (κ3) is 19.0. The number of hydrogen-bond donors (Lipinski definition) is 2. The number of unbranched alkanes of at least 4 members (excludes halogenated alkanes) is 11. The van der Waals surface area contributed by atoms with Crippen molar-refractivity contribution in [3.05, 3.63) is 12.2 Å². The van der Waals surface area contributed by atoms with Gasteiger partial charge >= 0.3 is 5.97 Å². The number of nitrogens with one attached hydrogen (secondary N) is 2. The molecule has 0 spiro atoms. The zero-order valence-corrected chi connectivity index (χ0v) is 26.8. The van der Waals surface area contributed by atoms with Crippen LogP contribution in [-0.4, -0.2) is 56.0 Å². The lowest BCUT2D eigenvalue weighted by atomic mass is 9.85. The lowest BCUT2D eigenvalue weighted by Gasteiger charge is -2.44. The van der Waals surface area contributed by atoms with Crippen LogP contribution in [-0.2, 0) is 28.6 Å². The van der Waals surface area contributed by atoms with Crippen molar-refractivity contribution < 1.29 is 28.6 Å². The predicted octanol–water partition coefficient (Wildman–Crippen LogP) is 6.76. The average Bonchev–Trinajstić information content (AvgIpc) is 2.92. The molecule has 1 rings (SSSR count). The van der Waals surface area contributed by atoms with Gasteiger partial charge in [0.05, 0.1) is 19.6 Å². The molecule has 0 aliphatic carbocycles. The molecule has 0 radical (unpaired) electrons. The van der Waals surface area contributed by atoms with Gasteiger partial charge in [-0.15, -0.1) is 0 Å². The molecule has 238 valence electrons. The largest absolute Gasteiger partial charge is 0.466 e. The van der Waals surface area contributed by atoms with Crippen LogP contribution in [0.1, 0.15) is 137 Å². The fourth-order valence-corrected chi connectivity index (χ4v) is 4.70. The van der Waals surface area contributed by atoms with Crippen molar-refractivity contribution in [3.8, 4) is 0 Å². The molecule has 41 heavy (non-hydrogen) atoms. The molecule has 8 heteroatoms. The van der Waals surface area contributed by atoms with E-state index in [9.17, 15) is 14.4 Å². The zero-order chi connectivity index (χ0) is 30.4. The van der Waals surface area contributed by atoms with Gasteiger partial charge in [0.15, 0.2) is 5.79 Å². The van der Waals surface area contributed by atoms with E-state index in [1.165, 1.54) is 64.2 Å². The highest BCUT2D eigenvalue weighted by Crippen LogP contribution is 2.34. The summed E-state index contributed by atoms with van der Waals surface area (Å²) in [6, 6.07) is 0. The Morgan fingerprint density at radius 2 is 1.39 bits per heavy atom. The van der Waals surface area contributed by atoms with Crippen LogP contribution in [0.2, 0.25) is 0 Å². The maximum atomic E-state index is 12.6. The molecule has 1 unspecified atom stereocenters. The summed E-state index contributed by atoms with van der Waals surface area (Å²) in [4.78, 5) is 36.6. The summed E-state index contributed by atoms with van der Waals surface area (Å²) in [7, 11) is 0. The number of allylic oxidation sites excluding steroid dienone is 2. The zero-order valence-electron chi connectivity index (χ0n) is 26.8. The van der Waals surface area contributed by atoms with Gasteiger partial charge in [0.25, 0.3) is 0 Å². The monoisotopic (exact) mass is 580 g/mol. The fourth-order valence-electron chi connectivity index (χ4n) is 4.70. The molecular weight excluding hydrogens is 520 g/mol. The lowest BCUT2D eigenvalue weighted by molar-refractivity contribution is -0.304. The highest BCUT2D eigenvalue weighted by Gasteiger charge is 2.45. The topological polar surface area (TPSA) is 103 Å². The van der Waals surface area contributed by atoms with Crippen molar-refractivity contribution >= 4 is 17.8 Å². The number of ether oxygens (including phenoxy) is 3. The van der Waals surface area contributed by atoms with Crippen molar-refractivity contribution in [1.29, 1.82) is 0 Å². The van der Waals surface area contributed by atoms with Crippen LogP contribution < -0.4 is 10.6 Å². The number of amides is 2. The van der Waals surface area contributed by atoms with Crippen LogP contribution in [0.25, 0.3) is 0 Å². The number of esters is 1. The first-order valence-corrected chi connectivity index (χ1v) is 16.2. The summed E-state index contributed by atoms with van der Waals surface area (Å²) in [6.07, 6.45) is 21.3. The van der Waals surface area contributed by atoms with E-state index in [2.05, 4.69) is 29.7 Å². The minimum Gasteiger partial charge on any atom is -0.466 e. The Morgan fingerprint density at radius 3 is 2.05 bits per heavy atom. The standard InChI is InChI=1S/C33H60N2O6/c1-6-7-8-9-10-11-12-13-14-15-16-17-18-19-20-22-28(36)34-24-21-26-39-29(37)23-25-35-31(38)30-32(2,3)27-40-33(4,5)41-30/h13-14,30H,6-12,15-27H2,1-5H3,(H,34,36)(H,35,38)/b14-13-. The molecule has 0 bridgehead atoms. The van der Waals surface area contributed by atoms with E-state index in [1.807, 2.05) is 13.8 Å². The Bertz CT molecular complexity index is 765. The molecule has 0 aromatic carbocycles. The minimum absolute atomic E-state index is 0.0538. The van der Waals surface area contributed by atoms with Crippen LogP contribution in [0, 0.1) is 5.41 Å². The SMILES string of the molecule is CCCCCCCC/C=C\CCCCCCCC(=O)NCCCOC(=O)CCNC(=O)C1OC(C)(C)OCC1(C)C. The Balaban J connectivity index is 1.93. The summed E-state index contributed by atoms with van der Waals surface area (Å²) >= 11 is 0. The van der Waals surface area contributed by atoms with Crippen LogP contribution in [0.15, 0.2) is 12.2 Å². The Hall–Kier alpha value is -1.93. The van der Waals surface area contributed by atoms with Crippen molar-refractivity contribution in [2.75, 3.05) is 26.3 Å². The molecule has 0 aromatic rings. The summed E-state index contributed by atoms with van der Waals surface area (Å²) in [5.41, 5.74) is -0.464.